The lowest BCUT2D eigenvalue weighted by atomic mass is 9.57. The molecule has 4 rings (SSSR count). The van der Waals surface area contributed by atoms with Gasteiger partial charge in [-0.2, -0.15) is 0 Å². The third-order valence-corrected chi connectivity index (χ3v) is 6.33. The van der Waals surface area contributed by atoms with E-state index in [1.807, 2.05) is 0 Å². The van der Waals surface area contributed by atoms with E-state index in [2.05, 4.69) is 89.3 Å². The van der Waals surface area contributed by atoms with Crippen LogP contribution in [0.2, 0.25) is 0 Å². The van der Waals surface area contributed by atoms with Crippen molar-refractivity contribution in [3.05, 3.63) is 87.6 Å². The molecule has 0 N–H and O–H groups in total. The monoisotopic (exact) mass is 314 g/mol. The number of fused-ring (bicyclic) bond motifs is 2. The van der Waals surface area contributed by atoms with Gasteiger partial charge in [0.15, 0.2) is 0 Å². The molecule has 3 aliphatic carbocycles. The molecule has 0 amide bonds. The summed E-state index contributed by atoms with van der Waals surface area (Å²) in [6, 6.07) is 8.92. The predicted molar refractivity (Wildman–Crippen MR) is 104 cm³/mol. The van der Waals surface area contributed by atoms with Gasteiger partial charge in [0.25, 0.3) is 0 Å². The summed E-state index contributed by atoms with van der Waals surface area (Å²) in [5, 5.41) is 0. The Labute approximate surface area is 146 Å². The molecule has 1 aromatic carbocycles. The summed E-state index contributed by atoms with van der Waals surface area (Å²) in [6.07, 6.45) is 11.9. The van der Waals surface area contributed by atoms with E-state index in [-0.39, 0.29) is 5.41 Å². The second-order valence-electron chi connectivity index (χ2n) is 7.84. The maximum atomic E-state index is 2.48. The Hall–Kier alpha value is -2.08. The van der Waals surface area contributed by atoms with Crippen LogP contribution in [0.3, 0.4) is 0 Å². The van der Waals surface area contributed by atoms with E-state index in [1.165, 1.54) is 39.0 Å². The number of hydrogen-bond acceptors (Lipinski definition) is 0. The molecule has 24 heavy (non-hydrogen) atoms. The van der Waals surface area contributed by atoms with Crippen LogP contribution >= 0.6 is 0 Å². The molecule has 0 saturated carbocycles. The third-order valence-electron chi connectivity index (χ3n) is 6.33. The quantitative estimate of drug-likeness (QED) is 0.576. The van der Waals surface area contributed by atoms with Gasteiger partial charge < -0.3 is 0 Å². The number of hydrogen-bond donors (Lipinski definition) is 0. The van der Waals surface area contributed by atoms with Gasteiger partial charge in [-0.15, -0.1) is 0 Å². The van der Waals surface area contributed by atoms with Crippen molar-refractivity contribution in [1.82, 2.24) is 0 Å². The lowest BCUT2D eigenvalue weighted by molar-refractivity contribution is 0.288. The van der Waals surface area contributed by atoms with E-state index in [0.717, 1.165) is 0 Å². The van der Waals surface area contributed by atoms with Gasteiger partial charge in [0.2, 0.25) is 0 Å². The minimum absolute atomic E-state index is 0.0380. The second-order valence-corrected chi connectivity index (χ2v) is 7.84. The molecular formula is C24H26. The summed E-state index contributed by atoms with van der Waals surface area (Å²) in [4.78, 5) is 0. The van der Waals surface area contributed by atoms with Gasteiger partial charge in [0.1, 0.15) is 0 Å². The Morgan fingerprint density at radius 3 is 2.50 bits per heavy atom. The maximum Gasteiger partial charge on any atom is 0.0270 e. The van der Waals surface area contributed by atoms with Crippen molar-refractivity contribution in [2.45, 2.75) is 40.5 Å². The fourth-order valence-electron chi connectivity index (χ4n) is 4.98. The molecule has 0 aliphatic heterocycles. The first-order chi connectivity index (χ1) is 11.5. The molecule has 1 unspecified atom stereocenters. The third kappa shape index (κ3) is 1.86. The van der Waals surface area contributed by atoms with Gasteiger partial charge >= 0.3 is 0 Å². The Kier molecular flexibility index (Phi) is 3.35. The molecule has 0 heterocycles. The molecule has 0 heteroatoms. The highest BCUT2D eigenvalue weighted by atomic mass is 14.5. The van der Waals surface area contributed by atoms with Gasteiger partial charge in [0, 0.05) is 11.3 Å². The smallest absolute Gasteiger partial charge is 0.0270 e. The number of rotatable bonds is 2. The van der Waals surface area contributed by atoms with Crippen molar-refractivity contribution in [3.8, 4) is 0 Å². The number of allylic oxidation sites excluding steroid dienone is 9. The van der Waals surface area contributed by atoms with E-state index in [4.69, 9.17) is 0 Å². The number of benzene rings is 1. The Balaban J connectivity index is 1.95. The molecule has 0 aromatic heterocycles. The molecular weight excluding hydrogens is 288 g/mol. The van der Waals surface area contributed by atoms with Crippen LogP contribution in [0.5, 0.6) is 0 Å². The summed E-state index contributed by atoms with van der Waals surface area (Å²) in [5.41, 5.74) is 10.2. The van der Waals surface area contributed by atoms with E-state index >= 15 is 0 Å². The predicted octanol–water partition coefficient (Wildman–Crippen LogP) is 6.60. The fraction of sp³-hybridized carbons (Fsp3) is 0.333. The molecule has 0 radical (unpaired) electrons. The normalized spacial score (nSPS) is 27.9. The fourth-order valence-corrected chi connectivity index (χ4v) is 4.98. The van der Waals surface area contributed by atoms with E-state index in [1.54, 1.807) is 0 Å². The van der Waals surface area contributed by atoms with Crippen LogP contribution in [0.1, 0.15) is 51.7 Å². The van der Waals surface area contributed by atoms with Gasteiger partial charge in [-0.25, -0.2) is 0 Å². The summed E-state index contributed by atoms with van der Waals surface area (Å²) < 4.78 is 0. The highest BCUT2D eigenvalue weighted by Gasteiger charge is 2.49. The zero-order valence-corrected chi connectivity index (χ0v) is 15.4. The molecule has 0 fully saturated rings. The van der Waals surface area contributed by atoms with Crippen LogP contribution in [0.4, 0.5) is 0 Å². The Morgan fingerprint density at radius 1 is 1.00 bits per heavy atom. The van der Waals surface area contributed by atoms with E-state index in [9.17, 15) is 0 Å². The lowest BCUT2D eigenvalue weighted by Crippen LogP contribution is -2.36. The maximum absolute atomic E-state index is 2.48. The summed E-state index contributed by atoms with van der Waals surface area (Å²) in [5.74, 6) is 0.959. The van der Waals surface area contributed by atoms with Crippen molar-refractivity contribution >= 4 is 6.08 Å². The second kappa shape index (κ2) is 5.21. The summed E-state index contributed by atoms with van der Waals surface area (Å²) >= 11 is 0. The zero-order chi connectivity index (χ0) is 17.1. The summed E-state index contributed by atoms with van der Waals surface area (Å²) in [6.45, 7) is 11.6. The van der Waals surface area contributed by atoms with Crippen LogP contribution in [0.25, 0.3) is 6.08 Å². The molecule has 1 aromatic rings. The first-order valence-corrected chi connectivity index (χ1v) is 9.04. The standard InChI is InChI=1S/C24H26/c1-15(2)24(12-8-11-20-18(5)16(3)14-22(20)24)23-17(4)13-19-9-6-7-10-21(19)23/h6-15,23H,1-5H3/t23-,24?/m1/s1. The van der Waals surface area contributed by atoms with Gasteiger partial charge in [-0.05, 0) is 60.1 Å². The Bertz CT molecular complexity index is 867. The van der Waals surface area contributed by atoms with Crippen molar-refractivity contribution in [2.24, 2.45) is 11.3 Å². The SMILES string of the molecule is CC1=Cc2ccccc2[C@@H]1C1(C(C)C)C=CC=C2C1=CC(C)=C2C. The Morgan fingerprint density at radius 2 is 1.75 bits per heavy atom. The molecule has 122 valence electrons. The zero-order valence-electron chi connectivity index (χ0n) is 15.4. The molecule has 0 saturated heterocycles. The highest BCUT2D eigenvalue weighted by Crippen LogP contribution is 2.60. The van der Waals surface area contributed by atoms with Gasteiger partial charge in [0.05, 0.1) is 0 Å². The van der Waals surface area contributed by atoms with Crippen molar-refractivity contribution in [3.63, 3.8) is 0 Å². The van der Waals surface area contributed by atoms with Crippen molar-refractivity contribution in [1.29, 1.82) is 0 Å². The minimum Gasteiger partial charge on any atom is -0.0727 e. The van der Waals surface area contributed by atoms with Gasteiger partial charge in [-0.3, -0.25) is 0 Å². The van der Waals surface area contributed by atoms with Crippen molar-refractivity contribution < 1.29 is 0 Å². The topological polar surface area (TPSA) is 0 Å². The average molecular weight is 314 g/mol. The molecule has 0 spiro atoms. The van der Waals surface area contributed by atoms with Crippen molar-refractivity contribution in [2.75, 3.05) is 0 Å². The van der Waals surface area contributed by atoms with Gasteiger partial charge in [-0.1, -0.05) is 74.1 Å². The minimum atomic E-state index is 0.0380. The lowest BCUT2D eigenvalue weighted by Gasteiger charge is -2.45. The molecule has 3 aliphatic rings. The molecule has 0 bridgehead atoms. The first kappa shape index (κ1) is 15.4. The molecule has 2 atom stereocenters. The molecule has 0 nitrogen and oxygen atoms in total. The highest BCUT2D eigenvalue weighted by molar-refractivity contribution is 5.72. The van der Waals surface area contributed by atoms with Crippen LogP contribution in [-0.2, 0) is 0 Å². The van der Waals surface area contributed by atoms with Crippen LogP contribution in [0, 0.1) is 11.3 Å². The van der Waals surface area contributed by atoms with Crippen LogP contribution in [0.15, 0.2) is 76.4 Å². The summed E-state index contributed by atoms with van der Waals surface area (Å²) in [7, 11) is 0. The first-order valence-electron chi connectivity index (χ1n) is 9.04. The van der Waals surface area contributed by atoms with Crippen LogP contribution in [-0.4, -0.2) is 0 Å². The average Bonchev–Trinajstić information content (AvgIpc) is 3.04. The van der Waals surface area contributed by atoms with E-state index in [0.29, 0.717) is 11.8 Å². The largest absolute Gasteiger partial charge is 0.0727 e. The van der Waals surface area contributed by atoms with E-state index < -0.39 is 0 Å². The van der Waals surface area contributed by atoms with Crippen LogP contribution < -0.4 is 0 Å².